The molecule has 0 atom stereocenters. The van der Waals surface area contributed by atoms with E-state index >= 15 is 0 Å². The Bertz CT molecular complexity index is 1700. The number of amides is 1. The molecule has 3 aromatic carbocycles. The van der Waals surface area contributed by atoms with Gasteiger partial charge in [-0.1, -0.05) is 65.9 Å². The zero-order chi connectivity index (χ0) is 25.9. The summed E-state index contributed by atoms with van der Waals surface area (Å²) in [5.41, 5.74) is 12.5. The molecule has 6 aromatic rings. The molecule has 0 aliphatic rings. The lowest BCUT2D eigenvalue weighted by Gasteiger charge is -2.09. The third kappa shape index (κ3) is 5.13. The third-order valence-electron chi connectivity index (χ3n) is 6.11. The molecule has 0 aliphatic carbocycles. The summed E-state index contributed by atoms with van der Waals surface area (Å²) in [5.74, 6) is -0.207. The molecular formula is C30H23N5OS2. The van der Waals surface area contributed by atoms with Gasteiger partial charge in [0.25, 0.3) is 5.91 Å². The van der Waals surface area contributed by atoms with Crippen molar-refractivity contribution >= 4 is 40.0 Å². The highest BCUT2D eigenvalue weighted by atomic mass is 32.1. The summed E-state index contributed by atoms with van der Waals surface area (Å²) in [6, 6.07) is 32.2. The summed E-state index contributed by atoms with van der Waals surface area (Å²) in [7, 11) is 0. The van der Waals surface area contributed by atoms with E-state index in [4.69, 9.17) is 5.73 Å². The van der Waals surface area contributed by atoms with Crippen molar-refractivity contribution in [1.29, 1.82) is 0 Å². The zero-order valence-electron chi connectivity index (χ0n) is 20.2. The van der Waals surface area contributed by atoms with Crippen LogP contribution in [-0.4, -0.2) is 20.9 Å². The Labute approximate surface area is 228 Å². The number of hydrogen-bond acceptors (Lipinski definition) is 6. The van der Waals surface area contributed by atoms with E-state index < -0.39 is 0 Å². The number of nitrogen functional groups attached to an aromatic ring is 1. The van der Waals surface area contributed by atoms with E-state index in [2.05, 4.69) is 52.0 Å². The van der Waals surface area contributed by atoms with Crippen LogP contribution in [0.5, 0.6) is 0 Å². The highest BCUT2D eigenvalue weighted by Gasteiger charge is 2.15. The third-order valence-corrected chi connectivity index (χ3v) is 8.13. The minimum Gasteiger partial charge on any atom is -0.397 e. The minimum atomic E-state index is -0.207. The first-order valence-electron chi connectivity index (χ1n) is 12.0. The van der Waals surface area contributed by atoms with Crippen molar-refractivity contribution in [2.45, 2.75) is 6.54 Å². The molecule has 38 heavy (non-hydrogen) atoms. The second kappa shape index (κ2) is 10.5. The van der Waals surface area contributed by atoms with Crippen LogP contribution >= 0.6 is 22.7 Å². The summed E-state index contributed by atoms with van der Waals surface area (Å²) in [6.45, 7) is 0.603. The van der Waals surface area contributed by atoms with Crippen LogP contribution in [0.3, 0.4) is 0 Å². The van der Waals surface area contributed by atoms with Crippen molar-refractivity contribution in [2.24, 2.45) is 0 Å². The summed E-state index contributed by atoms with van der Waals surface area (Å²) >= 11 is 3.02. The van der Waals surface area contributed by atoms with E-state index in [1.165, 1.54) is 22.5 Å². The Morgan fingerprint density at radius 1 is 0.842 bits per heavy atom. The molecule has 0 bridgehead atoms. The molecule has 6 nitrogen and oxygen atoms in total. The molecule has 0 spiro atoms. The lowest BCUT2D eigenvalue weighted by atomic mass is 10.0. The number of nitrogens with zero attached hydrogens (tertiary/aromatic N) is 3. The largest absolute Gasteiger partial charge is 0.397 e. The normalized spacial score (nSPS) is 10.9. The fourth-order valence-electron chi connectivity index (χ4n) is 4.20. The smallest absolute Gasteiger partial charge is 0.265 e. The van der Waals surface area contributed by atoms with Crippen molar-refractivity contribution in [3.8, 4) is 32.1 Å². The molecule has 0 saturated carbocycles. The maximum absolute atomic E-state index is 13.0. The topological polar surface area (TPSA) is 85.8 Å². The highest BCUT2D eigenvalue weighted by Crippen LogP contribution is 2.32. The van der Waals surface area contributed by atoms with Crippen LogP contribution in [0.2, 0.25) is 0 Å². The molecule has 1 amide bonds. The Kier molecular flexibility index (Phi) is 6.56. The number of carbonyl (C=O) groups is 1. The van der Waals surface area contributed by atoms with E-state index in [0.29, 0.717) is 22.8 Å². The van der Waals surface area contributed by atoms with E-state index in [9.17, 15) is 4.79 Å². The van der Waals surface area contributed by atoms with Crippen molar-refractivity contribution < 1.29 is 4.79 Å². The van der Waals surface area contributed by atoms with Crippen LogP contribution in [0.15, 0.2) is 109 Å². The van der Waals surface area contributed by atoms with Crippen molar-refractivity contribution in [1.82, 2.24) is 15.0 Å². The zero-order valence-corrected chi connectivity index (χ0v) is 21.9. The molecular weight excluding hydrogens is 510 g/mol. The lowest BCUT2D eigenvalue weighted by molar-refractivity contribution is 0.103. The maximum atomic E-state index is 13.0. The lowest BCUT2D eigenvalue weighted by Crippen LogP contribution is -2.11. The molecule has 8 heteroatoms. The van der Waals surface area contributed by atoms with Gasteiger partial charge in [0, 0.05) is 4.88 Å². The molecule has 186 valence electrons. The molecule has 3 aromatic heterocycles. The molecule has 0 fully saturated rings. The van der Waals surface area contributed by atoms with Gasteiger partial charge in [-0.15, -0.1) is 27.8 Å². The first kappa shape index (κ1) is 23.8. The number of anilines is 2. The van der Waals surface area contributed by atoms with Gasteiger partial charge in [-0.05, 0) is 64.0 Å². The number of nitrogens with one attached hydrogen (secondary N) is 1. The number of hydrogen-bond donors (Lipinski definition) is 2. The van der Waals surface area contributed by atoms with Gasteiger partial charge in [0.1, 0.15) is 5.69 Å². The standard InChI is InChI=1S/C30H23N5OS2/c31-24-12-11-23(27-10-5-15-37-27)17-25(24)32-30(36)29-14-13-28(38-29)26-19-35(34-33-26)18-20-6-4-9-22(16-20)21-7-2-1-3-8-21/h1-17,19H,18,31H2,(H,32,36). The first-order valence-corrected chi connectivity index (χ1v) is 13.7. The number of carbonyl (C=O) groups excluding carboxylic acids is 1. The van der Waals surface area contributed by atoms with Crippen molar-refractivity contribution in [2.75, 3.05) is 11.1 Å². The van der Waals surface area contributed by atoms with Gasteiger partial charge >= 0.3 is 0 Å². The summed E-state index contributed by atoms with van der Waals surface area (Å²) in [5, 5.41) is 13.6. The van der Waals surface area contributed by atoms with Crippen LogP contribution < -0.4 is 11.1 Å². The highest BCUT2D eigenvalue weighted by molar-refractivity contribution is 7.17. The van der Waals surface area contributed by atoms with Crippen LogP contribution in [0.1, 0.15) is 15.2 Å². The SMILES string of the molecule is Nc1ccc(-c2cccs2)cc1NC(=O)c1ccc(-c2cn(Cc3cccc(-c4ccccc4)c3)nn2)s1. The second-order valence-corrected chi connectivity index (χ2v) is 10.8. The van der Waals surface area contributed by atoms with Crippen molar-refractivity contribution in [3.63, 3.8) is 0 Å². The number of aromatic nitrogens is 3. The average Bonchev–Trinajstić information content (AvgIpc) is 3.73. The molecule has 3 N–H and O–H groups in total. The first-order chi connectivity index (χ1) is 18.6. The number of nitrogens with two attached hydrogens (primary N) is 1. The monoisotopic (exact) mass is 533 g/mol. The van der Waals surface area contributed by atoms with Crippen LogP contribution in [0.4, 0.5) is 11.4 Å². The van der Waals surface area contributed by atoms with Gasteiger partial charge in [0.2, 0.25) is 0 Å². The van der Waals surface area contributed by atoms with Gasteiger partial charge in [-0.25, -0.2) is 4.68 Å². The van der Waals surface area contributed by atoms with Crippen LogP contribution in [0, 0.1) is 0 Å². The molecule has 0 aliphatic heterocycles. The number of rotatable bonds is 7. The second-order valence-electron chi connectivity index (χ2n) is 8.77. The van der Waals surface area contributed by atoms with Crippen LogP contribution in [0.25, 0.3) is 32.1 Å². The average molecular weight is 534 g/mol. The van der Waals surface area contributed by atoms with E-state index in [1.54, 1.807) is 17.4 Å². The number of benzene rings is 3. The summed E-state index contributed by atoms with van der Waals surface area (Å²) in [6.07, 6.45) is 1.91. The Morgan fingerprint density at radius 3 is 2.55 bits per heavy atom. The molecule has 6 rings (SSSR count). The summed E-state index contributed by atoms with van der Waals surface area (Å²) in [4.78, 5) is 15.6. The van der Waals surface area contributed by atoms with Crippen LogP contribution in [-0.2, 0) is 6.54 Å². The van der Waals surface area contributed by atoms with E-state index in [-0.39, 0.29) is 5.91 Å². The Morgan fingerprint density at radius 2 is 1.71 bits per heavy atom. The molecule has 0 saturated heterocycles. The van der Waals surface area contributed by atoms with Gasteiger partial charge in [0.15, 0.2) is 0 Å². The Balaban J connectivity index is 1.15. The van der Waals surface area contributed by atoms with Gasteiger partial charge in [0.05, 0.1) is 33.9 Å². The van der Waals surface area contributed by atoms with E-state index in [1.807, 2.05) is 70.9 Å². The molecule has 0 radical (unpaired) electrons. The number of thiophene rings is 2. The predicted molar refractivity (Wildman–Crippen MR) is 156 cm³/mol. The van der Waals surface area contributed by atoms with Crippen molar-refractivity contribution in [3.05, 3.63) is 119 Å². The van der Waals surface area contributed by atoms with Gasteiger partial charge in [-0.3, -0.25) is 4.79 Å². The fourth-order valence-corrected chi connectivity index (χ4v) is 5.77. The predicted octanol–water partition coefficient (Wildman–Crippen LogP) is 7.28. The van der Waals surface area contributed by atoms with E-state index in [0.717, 1.165) is 26.6 Å². The minimum absolute atomic E-state index is 0.207. The quantitative estimate of drug-likeness (QED) is 0.211. The van der Waals surface area contributed by atoms with Gasteiger partial charge < -0.3 is 11.1 Å². The molecule has 3 heterocycles. The Hall–Kier alpha value is -4.53. The van der Waals surface area contributed by atoms with Gasteiger partial charge in [-0.2, -0.15) is 0 Å². The summed E-state index contributed by atoms with van der Waals surface area (Å²) < 4.78 is 1.82. The fraction of sp³-hybridized carbons (Fsp3) is 0.0333. The maximum Gasteiger partial charge on any atom is 0.265 e. The molecule has 0 unspecified atom stereocenters.